The molecule has 0 aliphatic carbocycles. The number of amides is 1. The van der Waals surface area contributed by atoms with Gasteiger partial charge in [-0.2, -0.15) is 0 Å². The number of benzene rings is 2. The number of aromatic nitrogens is 1. The fourth-order valence-corrected chi connectivity index (χ4v) is 3.47. The second kappa shape index (κ2) is 7.08. The first kappa shape index (κ1) is 16.5. The largest absolute Gasteiger partial charge is 0.312 e. The molecule has 26 heavy (non-hydrogen) atoms. The van der Waals surface area contributed by atoms with Crippen LogP contribution in [0.4, 0.5) is 10.1 Å². The smallest absolute Gasteiger partial charge is 0.230 e. The van der Waals surface area contributed by atoms with E-state index >= 15 is 0 Å². The van der Waals surface area contributed by atoms with Crippen molar-refractivity contribution in [2.45, 2.75) is 12.8 Å². The molecule has 1 unspecified atom stereocenters. The van der Waals surface area contributed by atoms with Crippen LogP contribution in [0.15, 0.2) is 73.1 Å². The van der Waals surface area contributed by atoms with Crippen LogP contribution >= 0.6 is 0 Å². The third kappa shape index (κ3) is 3.36. The van der Waals surface area contributed by atoms with Gasteiger partial charge in [-0.05, 0) is 65.9 Å². The van der Waals surface area contributed by atoms with Crippen LogP contribution in [0.25, 0.3) is 11.1 Å². The van der Waals surface area contributed by atoms with Crippen molar-refractivity contribution in [3.8, 4) is 11.1 Å². The molecule has 3 aromatic rings. The van der Waals surface area contributed by atoms with Gasteiger partial charge in [-0.3, -0.25) is 9.78 Å². The van der Waals surface area contributed by atoms with Gasteiger partial charge in [0.25, 0.3) is 0 Å². The van der Waals surface area contributed by atoms with Crippen molar-refractivity contribution < 1.29 is 9.18 Å². The summed E-state index contributed by atoms with van der Waals surface area (Å²) in [6.07, 6.45) is 5.02. The Bertz CT molecular complexity index is 892. The summed E-state index contributed by atoms with van der Waals surface area (Å²) in [7, 11) is 0. The van der Waals surface area contributed by atoms with E-state index in [1.54, 1.807) is 24.5 Å². The van der Waals surface area contributed by atoms with E-state index in [-0.39, 0.29) is 17.6 Å². The van der Waals surface area contributed by atoms with E-state index in [0.29, 0.717) is 6.42 Å². The lowest BCUT2D eigenvalue weighted by molar-refractivity contribution is -0.120. The Morgan fingerprint density at radius 2 is 1.58 bits per heavy atom. The summed E-state index contributed by atoms with van der Waals surface area (Å²) in [5, 5.41) is 0. The molecule has 3 nitrogen and oxygen atoms in total. The Labute approximate surface area is 152 Å². The molecule has 1 aromatic heterocycles. The normalized spacial score (nSPS) is 16.9. The summed E-state index contributed by atoms with van der Waals surface area (Å²) in [5.74, 6) is -0.145. The third-order valence-corrected chi connectivity index (χ3v) is 4.90. The summed E-state index contributed by atoms with van der Waals surface area (Å²) < 4.78 is 13.0. The van der Waals surface area contributed by atoms with E-state index in [1.165, 1.54) is 12.1 Å². The minimum absolute atomic E-state index is 0.0414. The molecule has 1 aliphatic rings. The van der Waals surface area contributed by atoms with Crippen LogP contribution in [0.3, 0.4) is 0 Å². The zero-order chi connectivity index (χ0) is 17.9. The molecule has 1 atom stereocenters. The van der Waals surface area contributed by atoms with Crippen molar-refractivity contribution in [3.05, 3.63) is 84.4 Å². The number of carbonyl (C=O) groups is 1. The van der Waals surface area contributed by atoms with Gasteiger partial charge in [-0.25, -0.2) is 4.39 Å². The van der Waals surface area contributed by atoms with Crippen molar-refractivity contribution in [1.82, 2.24) is 4.98 Å². The minimum Gasteiger partial charge on any atom is -0.312 e. The predicted molar refractivity (Wildman–Crippen MR) is 100 cm³/mol. The molecule has 4 heteroatoms. The standard InChI is InChI=1S/C22H19FN2O/c23-20-5-1-16(2-6-20)15-19-11-14-25(22(19)26)21-7-3-17(4-8-21)18-9-12-24-13-10-18/h1-10,12-13,19H,11,14-15H2. The molecule has 1 saturated heterocycles. The number of hydrogen-bond acceptors (Lipinski definition) is 2. The summed E-state index contributed by atoms with van der Waals surface area (Å²) in [5.41, 5.74) is 4.13. The van der Waals surface area contributed by atoms with Gasteiger partial charge in [-0.15, -0.1) is 0 Å². The van der Waals surface area contributed by atoms with Crippen LogP contribution in [-0.2, 0) is 11.2 Å². The van der Waals surface area contributed by atoms with Gasteiger partial charge in [-0.1, -0.05) is 24.3 Å². The van der Waals surface area contributed by atoms with Gasteiger partial charge in [0.05, 0.1) is 0 Å². The summed E-state index contributed by atoms with van der Waals surface area (Å²) in [6, 6.07) is 18.4. The molecule has 130 valence electrons. The second-order valence-electron chi connectivity index (χ2n) is 6.59. The average Bonchev–Trinajstić information content (AvgIpc) is 3.05. The molecule has 0 N–H and O–H groups in total. The molecule has 4 rings (SSSR count). The monoisotopic (exact) mass is 346 g/mol. The zero-order valence-electron chi connectivity index (χ0n) is 14.3. The van der Waals surface area contributed by atoms with E-state index in [1.807, 2.05) is 41.3 Å². The summed E-state index contributed by atoms with van der Waals surface area (Å²) in [6.45, 7) is 0.722. The Kier molecular flexibility index (Phi) is 4.48. The first-order chi connectivity index (χ1) is 12.7. The minimum atomic E-state index is -0.248. The fraction of sp³-hybridized carbons (Fsp3) is 0.182. The van der Waals surface area contributed by atoms with Gasteiger partial charge in [0.15, 0.2) is 0 Å². The molecule has 0 spiro atoms. The number of halogens is 1. The highest BCUT2D eigenvalue weighted by molar-refractivity contribution is 5.97. The molecule has 0 radical (unpaired) electrons. The Hall–Kier alpha value is -3.01. The number of carbonyl (C=O) groups excluding carboxylic acids is 1. The van der Waals surface area contributed by atoms with E-state index < -0.39 is 0 Å². The Balaban J connectivity index is 1.47. The van der Waals surface area contributed by atoms with E-state index in [9.17, 15) is 9.18 Å². The molecule has 1 fully saturated rings. The van der Waals surface area contributed by atoms with Crippen molar-refractivity contribution in [1.29, 1.82) is 0 Å². The molecular formula is C22H19FN2O. The topological polar surface area (TPSA) is 33.2 Å². The van der Waals surface area contributed by atoms with Gasteiger partial charge >= 0.3 is 0 Å². The number of rotatable bonds is 4. The van der Waals surface area contributed by atoms with Crippen molar-refractivity contribution >= 4 is 11.6 Å². The number of pyridine rings is 1. The van der Waals surface area contributed by atoms with Crippen LogP contribution < -0.4 is 4.90 Å². The van der Waals surface area contributed by atoms with E-state index in [0.717, 1.165) is 35.3 Å². The summed E-state index contributed by atoms with van der Waals surface area (Å²) in [4.78, 5) is 18.7. The van der Waals surface area contributed by atoms with Gasteiger partial charge in [0.1, 0.15) is 5.82 Å². The van der Waals surface area contributed by atoms with Gasteiger partial charge in [0.2, 0.25) is 5.91 Å². The van der Waals surface area contributed by atoms with Crippen LogP contribution in [0.1, 0.15) is 12.0 Å². The van der Waals surface area contributed by atoms with Crippen molar-refractivity contribution in [2.24, 2.45) is 5.92 Å². The molecule has 2 aromatic carbocycles. The van der Waals surface area contributed by atoms with Crippen molar-refractivity contribution in [3.63, 3.8) is 0 Å². The molecule has 0 bridgehead atoms. The quantitative estimate of drug-likeness (QED) is 0.698. The Morgan fingerprint density at radius 3 is 2.27 bits per heavy atom. The lowest BCUT2D eigenvalue weighted by atomic mass is 9.98. The van der Waals surface area contributed by atoms with Crippen LogP contribution in [-0.4, -0.2) is 17.4 Å². The van der Waals surface area contributed by atoms with E-state index in [2.05, 4.69) is 4.98 Å². The maximum atomic E-state index is 13.0. The molecule has 0 saturated carbocycles. The average molecular weight is 346 g/mol. The highest BCUT2D eigenvalue weighted by Gasteiger charge is 2.32. The lowest BCUT2D eigenvalue weighted by Gasteiger charge is -2.17. The first-order valence-corrected chi connectivity index (χ1v) is 8.77. The number of nitrogens with zero attached hydrogens (tertiary/aromatic N) is 2. The molecule has 1 amide bonds. The second-order valence-corrected chi connectivity index (χ2v) is 6.59. The highest BCUT2D eigenvalue weighted by Crippen LogP contribution is 2.29. The van der Waals surface area contributed by atoms with Crippen LogP contribution in [0.2, 0.25) is 0 Å². The van der Waals surface area contributed by atoms with Gasteiger partial charge in [0, 0.05) is 30.5 Å². The maximum Gasteiger partial charge on any atom is 0.230 e. The highest BCUT2D eigenvalue weighted by atomic mass is 19.1. The van der Waals surface area contributed by atoms with Crippen LogP contribution in [0.5, 0.6) is 0 Å². The first-order valence-electron chi connectivity index (χ1n) is 8.77. The number of anilines is 1. The molecule has 1 aliphatic heterocycles. The van der Waals surface area contributed by atoms with Gasteiger partial charge < -0.3 is 4.90 Å². The fourth-order valence-electron chi connectivity index (χ4n) is 3.47. The SMILES string of the molecule is O=C1C(Cc2ccc(F)cc2)CCN1c1ccc(-c2ccncc2)cc1. The third-order valence-electron chi connectivity index (χ3n) is 4.90. The Morgan fingerprint density at radius 1 is 0.923 bits per heavy atom. The molecular weight excluding hydrogens is 327 g/mol. The lowest BCUT2D eigenvalue weighted by Crippen LogP contribution is -2.27. The maximum absolute atomic E-state index is 13.0. The zero-order valence-corrected chi connectivity index (χ0v) is 14.3. The van der Waals surface area contributed by atoms with Crippen LogP contribution in [0, 0.1) is 11.7 Å². The van der Waals surface area contributed by atoms with E-state index in [4.69, 9.17) is 0 Å². The number of hydrogen-bond donors (Lipinski definition) is 0. The molecule has 2 heterocycles. The predicted octanol–water partition coefficient (Wildman–Crippen LogP) is 4.48. The summed E-state index contributed by atoms with van der Waals surface area (Å²) >= 11 is 0. The van der Waals surface area contributed by atoms with Crippen molar-refractivity contribution in [2.75, 3.05) is 11.4 Å².